The van der Waals surface area contributed by atoms with Gasteiger partial charge in [0.05, 0.1) is 14.7 Å². The fraction of sp³-hybridized carbons (Fsp3) is 0.143. The summed E-state index contributed by atoms with van der Waals surface area (Å²) in [5.41, 5.74) is 1.54. The molecule has 0 bridgehead atoms. The Morgan fingerprint density at radius 3 is 2.68 bits per heavy atom. The number of nitrogens with zero attached hydrogens (tertiary/aromatic N) is 1. The number of rotatable bonds is 3. The van der Waals surface area contributed by atoms with Crippen molar-refractivity contribution in [3.05, 3.63) is 55.1 Å². The van der Waals surface area contributed by atoms with E-state index < -0.39 is 5.92 Å². The molecule has 19 heavy (non-hydrogen) atoms. The van der Waals surface area contributed by atoms with Crippen LogP contribution in [0.3, 0.4) is 0 Å². The van der Waals surface area contributed by atoms with Gasteiger partial charge < -0.3 is 0 Å². The molecule has 0 saturated carbocycles. The predicted octanol–water partition coefficient (Wildman–Crippen LogP) is 4.96. The first-order valence-corrected chi connectivity index (χ1v) is 7.47. The molecule has 0 N–H and O–H groups in total. The molecule has 2 rings (SSSR count). The number of halogens is 2. The molecule has 1 aromatic heterocycles. The van der Waals surface area contributed by atoms with E-state index in [9.17, 15) is 10.1 Å². The summed E-state index contributed by atoms with van der Waals surface area (Å²) < 4.78 is 0.909. The second-order valence-electron chi connectivity index (χ2n) is 4.02. The van der Waals surface area contributed by atoms with Crippen LogP contribution in [0.4, 0.5) is 0 Å². The SMILES string of the molecule is Cc1cc(C(=O)C(C#N)c2ccccc2Cl)sc1Br. The monoisotopic (exact) mass is 353 g/mol. The highest BCUT2D eigenvalue weighted by molar-refractivity contribution is 9.11. The van der Waals surface area contributed by atoms with Gasteiger partial charge in [0.25, 0.3) is 0 Å². The second kappa shape index (κ2) is 5.87. The molecule has 0 spiro atoms. The molecule has 1 unspecified atom stereocenters. The first-order valence-electron chi connectivity index (χ1n) is 5.48. The number of hydrogen-bond donors (Lipinski definition) is 0. The number of thiophene rings is 1. The summed E-state index contributed by atoms with van der Waals surface area (Å²) in [5.74, 6) is -1.08. The zero-order valence-electron chi connectivity index (χ0n) is 9.98. The number of nitriles is 1. The number of aryl methyl sites for hydroxylation is 1. The van der Waals surface area contributed by atoms with Crippen molar-refractivity contribution in [2.24, 2.45) is 0 Å². The van der Waals surface area contributed by atoms with Crippen LogP contribution in [-0.2, 0) is 0 Å². The van der Waals surface area contributed by atoms with Crippen LogP contribution in [0, 0.1) is 18.3 Å². The summed E-state index contributed by atoms with van der Waals surface area (Å²) in [5, 5.41) is 9.71. The quantitative estimate of drug-likeness (QED) is 0.731. The van der Waals surface area contributed by atoms with E-state index in [2.05, 4.69) is 15.9 Å². The van der Waals surface area contributed by atoms with E-state index in [0.29, 0.717) is 15.5 Å². The fourth-order valence-corrected chi connectivity index (χ4v) is 3.45. The average molecular weight is 355 g/mol. The lowest BCUT2D eigenvalue weighted by Crippen LogP contribution is -2.10. The number of Topliss-reactive ketones (excluding diaryl/α,β-unsaturated/α-hetero) is 1. The lowest BCUT2D eigenvalue weighted by molar-refractivity contribution is 0.0983. The van der Waals surface area contributed by atoms with E-state index in [-0.39, 0.29) is 5.78 Å². The molecule has 0 aliphatic carbocycles. The minimum Gasteiger partial charge on any atom is -0.291 e. The van der Waals surface area contributed by atoms with Gasteiger partial charge in [0.1, 0.15) is 5.92 Å². The summed E-state index contributed by atoms with van der Waals surface area (Å²) in [7, 11) is 0. The molecule has 0 aliphatic heterocycles. The van der Waals surface area contributed by atoms with Gasteiger partial charge in [0.15, 0.2) is 5.78 Å². The molecule has 96 valence electrons. The summed E-state index contributed by atoms with van der Waals surface area (Å²) >= 11 is 10.8. The lowest BCUT2D eigenvalue weighted by Gasteiger charge is -2.08. The van der Waals surface area contributed by atoms with Gasteiger partial charge in [-0.05, 0) is 46.1 Å². The molecule has 0 aliphatic rings. The zero-order valence-corrected chi connectivity index (χ0v) is 13.1. The van der Waals surface area contributed by atoms with Crippen molar-refractivity contribution in [3.63, 3.8) is 0 Å². The standard InChI is InChI=1S/C14H9BrClNOS/c1-8-6-12(19-14(8)15)13(18)10(7-17)9-4-2-3-5-11(9)16/h2-6,10H,1H3. The number of benzene rings is 1. The molecule has 0 fully saturated rings. The van der Waals surface area contributed by atoms with Gasteiger partial charge in [-0.1, -0.05) is 29.8 Å². The van der Waals surface area contributed by atoms with E-state index in [1.165, 1.54) is 11.3 Å². The predicted molar refractivity (Wildman–Crippen MR) is 80.9 cm³/mol. The van der Waals surface area contributed by atoms with Gasteiger partial charge in [-0.25, -0.2) is 0 Å². The molecule has 0 radical (unpaired) electrons. The third-order valence-electron chi connectivity index (χ3n) is 2.71. The summed E-state index contributed by atoms with van der Waals surface area (Å²) in [4.78, 5) is 13.0. The first kappa shape index (κ1) is 14.3. The van der Waals surface area contributed by atoms with E-state index in [1.54, 1.807) is 30.3 Å². The fourth-order valence-electron chi connectivity index (χ4n) is 1.70. The van der Waals surface area contributed by atoms with E-state index in [0.717, 1.165) is 9.35 Å². The highest BCUT2D eigenvalue weighted by Gasteiger charge is 2.25. The van der Waals surface area contributed by atoms with Crippen LogP contribution in [0.5, 0.6) is 0 Å². The average Bonchev–Trinajstić information content (AvgIpc) is 2.73. The van der Waals surface area contributed by atoms with E-state index >= 15 is 0 Å². The molecule has 0 saturated heterocycles. The van der Waals surface area contributed by atoms with E-state index in [4.69, 9.17) is 11.6 Å². The van der Waals surface area contributed by atoms with Gasteiger partial charge in [0, 0.05) is 5.02 Å². The van der Waals surface area contributed by atoms with Gasteiger partial charge >= 0.3 is 0 Å². The molecule has 2 nitrogen and oxygen atoms in total. The molecule has 1 atom stereocenters. The molecule has 5 heteroatoms. The van der Waals surface area contributed by atoms with Crippen LogP contribution >= 0.6 is 38.9 Å². The maximum absolute atomic E-state index is 12.4. The normalized spacial score (nSPS) is 11.9. The topological polar surface area (TPSA) is 40.9 Å². The summed E-state index contributed by atoms with van der Waals surface area (Å²) in [6.07, 6.45) is 0. The third-order valence-corrected chi connectivity index (χ3v) is 5.20. The van der Waals surface area contributed by atoms with Crippen molar-refractivity contribution in [3.8, 4) is 6.07 Å². The van der Waals surface area contributed by atoms with Crippen LogP contribution in [0.2, 0.25) is 5.02 Å². The van der Waals surface area contributed by atoms with Crippen LogP contribution in [-0.4, -0.2) is 5.78 Å². The van der Waals surface area contributed by atoms with Gasteiger partial charge in [-0.15, -0.1) is 11.3 Å². The largest absolute Gasteiger partial charge is 0.291 e. The van der Waals surface area contributed by atoms with Crippen molar-refractivity contribution in [2.75, 3.05) is 0 Å². The Hall–Kier alpha value is -1.15. The number of hydrogen-bond acceptors (Lipinski definition) is 3. The van der Waals surface area contributed by atoms with Crippen molar-refractivity contribution in [1.82, 2.24) is 0 Å². The third kappa shape index (κ3) is 2.89. The maximum atomic E-state index is 12.4. The van der Waals surface area contributed by atoms with Gasteiger partial charge in [-0.3, -0.25) is 4.79 Å². The van der Waals surface area contributed by atoms with E-state index in [1.807, 2.05) is 13.0 Å². The first-order chi connectivity index (χ1) is 9.04. The Balaban J connectivity index is 2.41. The molecule has 0 amide bonds. The van der Waals surface area contributed by atoms with Crippen molar-refractivity contribution >= 4 is 44.7 Å². The minimum atomic E-state index is -0.862. The molecular weight excluding hydrogens is 346 g/mol. The summed E-state index contributed by atoms with van der Waals surface area (Å²) in [6, 6.07) is 10.8. The lowest BCUT2D eigenvalue weighted by atomic mass is 9.95. The van der Waals surface area contributed by atoms with Crippen molar-refractivity contribution in [1.29, 1.82) is 5.26 Å². The highest BCUT2D eigenvalue weighted by Crippen LogP contribution is 2.33. The van der Waals surface area contributed by atoms with Crippen LogP contribution in [0.15, 0.2) is 34.1 Å². The maximum Gasteiger partial charge on any atom is 0.194 e. The van der Waals surface area contributed by atoms with Crippen LogP contribution in [0.25, 0.3) is 0 Å². The van der Waals surface area contributed by atoms with Crippen LogP contribution in [0.1, 0.15) is 26.7 Å². The summed E-state index contributed by atoms with van der Waals surface area (Å²) in [6.45, 7) is 1.91. The minimum absolute atomic E-state index is 0.214. The van der Waals surface area contributed by atoms with Crippen molar-refractivity contribution in [2.45, 2.75) is 12.8 Å². The Morgan fingerprint density at radius 1 is 1.47 bits per heavy atom. The Bertz CT molecular complexity index is 655. The number of carbonyl (C=O) groups excluding carboxylic acids is 1. The number of carbonyl (C=O) groups is 1. The van der Waals surface area contributed by atoms with Crippen LogP contribution < -0.4 is 0 Å². The molecule has 1 heterocycles. The molecule has 2 aromatic rings. The Kier molecular flexibility index (Phi) is 4.41. The zero-order chi connectivity index (χ0) is 14.0. The Morgan fingerprint density at radius 2 is 2.16 bits per heavy atom. The van der Waals surface area contributed by atoms with Gasteiger partial charge in [0.2, 0.25) is 0 Å². The smallest absolute Gasteiger partial charge is 0.194 e. The molecule has 1 aromatic carbocycles. The second-order valence-corrected chi connectivity index (χ2v) is 6.79. The molecular formula is C14H9BrClNOS. The van der Waals surface area contributed by atoms with Crippen molar-refractivity contribution < 1.29 is 4.79 Å². The Labute approximate surface area is 128 Å². The highest BCUT2D eigenvalue weighted by atomic mass is 79.9. The van der Waals surface area contributed by atoms with Gasteiger partial charge in [-0.2, -0.15) is 5.26 Å². The number of ketones is 1.